The molecule has 2 aromatic carbocycles. The molecule has 1 heterocycles. The molecule has 0 bridgehead atoms. The maximum atomic E-state index is 12.0. The first-order valence-corrected chi connectivity index (χ1v) is 11.9. The Hall–Kier alpha value is -3.30. The lowest BCUT2D eigenvalue weighted by Crippen LogP contribution is -2.33. The van der Waals surface area contributed by atoms with Crippen LogP contribution in [-0.2, 0) is 19.6 Å². The van der Waals surface area contributed by atoms with Crippen LogP contribution in [0.2, 0.25) is 0 Å². The zero-order chi connectivity index (χ0) is 34.9. The van der Waals surface area contributed by atoms with Crippen molar-refractivity contribution in [1.29, 1.82) is 0 Å². The normalized spacial score (nSPS) is 18.1. The summed E-state index contributed by atoms with van der Waals surface area (Å²) >= 11 is 0. The van der Waals surface area contributed by atoms with Crippen LogP contribution in [0.3, 0.4) is 0 Å². The number of benzene rings is 2. The maximum Gasteiger partial charge on any atom is 0.259 e. The molecule has 0 atom stereocenters. The number of nitrogens with zero attached hydrogens (tertiary/aromatic N) is 3. The van der Waals surface area contributed by atoms with Crippen LogP contribution in [-0.4, -0.2) is 56.2 Å². The summed E-state index contributed by atoms with van der Waals surface area (Å²) in [6.45, 7) is -5.70. The number of sulfonamides is 1. The molecule has 1 N–H and O–H groups in total. The third-order valence-corrected chi connectivity index (χ3v) is 4.93. The van der Waals surface area contributed by atoms with E-state index in [2.05, 4.69) is 14.7 Å². The molecule has 8 nitrogen and oxygen atoms in total. The summed E-state index contributed by atoms with van der Waals surface area (Å²) in [5.74, 6) is -1.88. The van der Waals surface area contributed by atoms with Gasteiger partial charge in [-0.3, -0.25) is 14.5 Å². The van der Waals surface area contributed by atoms with Gasteiger partial charge in [-0.15, -0.1) is 0 Å². The van der Waals surface area contributed by atoms with Crippen LogP contribution in [0.25, 0.3) is 22.5 Å². The minimum Gasteiger partial charge on any atom is -0.372 e. The molecule has 0 fully saturated rings. The number of hydrogen-bond donors (Lipinski definition) is 1. The smallest absolute Gasteiger partial charge is 0.259 e. The first-order valence-electron chi connectivity index (χ1n) is 15.9. The highest BCUT2D eigenvalue weighted by molar-refractivity contribution is 7.89. The van der Waals surface area contributed by atoms with E-state index < -0.39 is 60.6 Å². The van der Waals surface area contributed by atoms with Crippen molar-refractivity contribution in [2.45, 2.75) is 32.6 Å². The quantitative estimate of drug-likeness (QED) is 0.397. The van der Waals surface area contributed by atoms with Crippen molar-refractivity contribution in [3.63, 3.8) is 0 Å². The Morgan fingerprint density at radius 3 is 2.29 bits per heavy atom. The molecule has 0 aliphatic heterocycles. The molecule has 186 valence electrons. The van der Waals surface area contributed by atoms with Gasteiger partial charge in [0.2, 0.25) is 10.0 Å². The molecular formula is C26H32N4O4S. The van der Waals surface area contributed by atoms with Gasteiger partial charge in [0.05, 0.1) is 26.5 Å². The number of hydrogen-bond acceptors (Lipinski definition) is 7. The zero-order valence-electron chi connectivity index (χ0n) is 30.0. The van der Waals surface area contributed by atoms with E-state index >= 15 is 0 Å². The third kappa shape index (κ3) is 8.15. The maximum absolute atomic E-state index is 12.0. The number of ether oxygens (including phenoxy) is 1. The molecule has 3 rings (SSSR count). The first-order chi connectivity index (χ1) is 21.0. The zero-order valence-corrected chi connectivity index (χ0v) is 19.8. The van der Waals surface area contributed by atoms with Crippen molar-refractivity contribution in [1.82, 2.24) is 14.7 Å². The van der Waals surface area contributed by atoms with Gasteiger partial charge in [0.25, 0.3) is 5.91 Å². The summed E-state index contributed by atoms with van der Waals surface area (Å²) in [6.07, 6.45) is -10.1. The fourth-order valence-electron chi connectivity index (χ4n) is 2.98. The van der Waals surface area contributed by atoms with Gasteiger partial charge in [-0.05, 0) is 26.6 Å². The van der Waals surface area contributed by atoms with Gasteiger partial charge < -0.3 is 9.64 Å². The van der Waals surface area contributed by atoms with Crippen LogP contribution in [0.5, 0.6) is 0 Å². The highest BCUT2D eigenvalue weighted by Gasteiger charge is 2.17. The molecule has 1 amide bonds. The van der Waals surface area contributed by atoms with Gasteiger partial charge in [0.15, 0.2) is 0 Å². The fraction of sp³-hybridized carbons (Fsp3) is 0.346. The van der Waals surface area contributed by atoms with E-state index in [1.807, 2.05) is 6.07 Å². The van der Waals surface area contributed by atoms with Crippen molar-refractivity contribution in [3.05, 3.63) is 66.9 Å². The lowest BCUT2D eigenvalue weighted by atomic mass is 10.0. The van der Waals surface area contributed by atoms with Crippen LogP contribution in [0.4, 0.5) is 5.82 Å². The van der Waals surface area contributed by atoms with Gasteiger partial charge in [-0.25, -0.2) is 13.4 Å². The molecule has 0 radical (unpaired) electrons. The Morgan fingerprint density at radius 1 is 1.06 bits per heavy atom. The lowest BCUT2D eigenvalue weighted by Gasteiger charge is -2.28. The summed E-state index contributed by atoms with van der Waals surface area (Å²) in [6, 6.07) is 16.9. The molecule has 3 aromatic rings. The van der Waals surface area contributed by atoms with Gasteiger partial charge in [-0.1, -0.05) is 60.7 Å². The van der Waals surface area contributed by atoms with Gasteiger partial charge >= 0.3 is 0 Å². The highest BCUT2D eigenvalue weighted by atomic mass is 32.2. The van der Waals surface area contributed by atoms with Crippen LogP contribution >= 0.6 is 0 Å². The Morgan fingerprint density at radius 2 is 1.69 bits per heavy atom. The van der Waals surface area contributed by atoms with Crippen molar-refractivity contribution in [3.8, 4) is 22.5 Å². The average molecular weight is 508 g/mol. The van der Waals surface area contributed by atoms with E-state index in [0.717, 1.165) is 9.62 Å². The van der Waals surface area contributed by atoms with E-state index in [0.29, 0.717) is 22.5 Å². The standard InChI is InChI=1S/C26H32N4O4S/c1-20(2)30(16-10-11-17-34-19-24(31)29-35(3,32)33)23-18-27-25(21-12-6-4-7-13-21)26(28-23)22-14-8-5-9-15-22/h4-9,12-15,18,20H,10-11,16-17,19H2,1-3H3,(H,29,31)/i3D3,10D2,11D2,16D2,17D2. The van der Waals surface area contributed by atoms with Crippen molar-refractivity contribution in [2.24, 2.45) is 0 Å². The molecule has 0 saturated carbocycles. The van der Waals surface area contributed by atoms with E-state index in [1.54, 1.807) is 54.6 Å². The first kappa shape index (κ1) is 15.0. The summed E-state index contributed by atoms with van der Waals surface area (Å²) in [7, 11) is -5.20. The molecule has 35 heavy (non-hydrogen) atoms. The third-order valence-electron chi connectivity index (χ3n) is 4.43. The minimum absolute atomic E-state index is 0.200. The van der Waals surface area contributed by atoms with E-state index in [9.17, 15) is 13.2 Å². The van der Waals surface area contributed by atoms with E-state index in [4.69, 9.17) is 15.1 Å². The van der Waals surface area contributed by atoms with Crippen LogP contribution in [0.15, 0.2) is 66.9 Å². The van der Waals surface area contributed by atoms with Gasteiger partial charge in [0, 0.05) is 42.6 Å². The fourth-order valence-corrected chi connectivity index (χ4v) is 3.34. The van der Waals surface area contributed by atoms with Crippen molar-refractivity contribution in [2.75, 3.05) is 30.7 Å². The largest absolute Gasteiger partial charge is 0.372 e. The van der Waals surface area contributed by atoms with Crippen LogP contribution in [0.1, 0.15) is 41.7 Å². The van der Waals surface area contributed by atoms with Crippen LogP contribution in [0, 0.1) is 0 Å². The van der Waals surface area contributed by atoms with Crippen molar-refractivity contribution >= 4 is 21.7 Å². The lowest BCUT2D eigenvalue weighted by molar-refractivity contribution is -0.123. The second-order valence-electron chi connectivity index (χ2n) is 7.40. The predicted octanol–water partition coefficient (Wildman–Crippen LogP) is 3.90. The SMILES string of the molecule is [2H]C([2H])(OCC(=O)NS(=O)(=O)C([2H])([2H])[2H])C([2H])([2H])C([2H])([2H])C([2H])([2H])N(c1cnc(-c2ccccc2)c(-c2ccccc2)n1)C(C)C. The number of anilines is 1. The predicted molar refractivity (Wildman–Crippen MR) is 138 cm³/mol. The monoisotopic (exact) mass is 507 g/mol. The average Bonchev–Trinajstić information content (AvgIpc) is 2.95. The molecule has 0 aliphatic rings. The second-order valence-corrected chi connectivity index (χ2v) is 8.61. The number of aromatic nitrogens is 2. The Bertz CT molecular complexity index is 1640. The molecule has 1 aromatic heterocycles. The van der Waals surface area contributed by atoms with Crippen LogP contribution < -0.4 is 9.62 Å². The molecule has 0 unspecified atom stereocenters. The summed E-state index contributed by atoms with van der Waals surface area (Å²) in [5, 5.41) is 0. The van der Waals surface area contributed by atoms with Gasteiger partial charge in [0.1, 0.15) is 12.4 Å². The molecular weight excluding hydrogens is 464 g/mol. The molecule has 0 aliphatic carbocycles. The summed E-state index contributed by atoms with van der Waals surface area (Å²) in [4.78, 5) is 22.0. The number of nitrogens with one attached hydrogen (secondary N) is 1. The van der Waals surface area contributed by atoms with E-state index in [1.165, 1.54) is 20.0 Å². The van der Waals surface area contributed by atoms with E-state index in [-0.39, 0.29) is 5.82 Å². The summed E-state index contributed by atoms with van der Waals surface area (Å²) < 4.78 is 118. The summed E-state index contributed by atoms with van der Waals surface area (Å²) in [5.41, 5.74) is 2.03. The number of amides is 1. The Balaban J connectivity index is 2.03. The topological polar surface area (TPSA) is 101 Å². The number of carbonyl (C=O) groups is 1. The van der Waals surface area contributed by atoms with Gasteiger partial charge in [-0.2, -0.15) is 0 Å². The minimum atomic E-state index is -5.20. The molecule has 0 spiro atoms. The number of carbonyl (C=O) groups excluding carboxylic acids is 1. The Labute approximate surface area is 222 Å². The highest BCUT2D eigenvalue weighted by Crippen LogP contribution is 2.30. The second kappa shape index (κ2) is 12.4. The number of rotatable bonds is 12. The molecule has 9 heteroatoms. The molecule has 0 saturated heterocycles. The van der Waals surface area contributed by atoms with Crippen molar-refractivity contribution < 1.29 is 33.0 Å². The Kier molecular flexibility index (Phi) is 5.30.